The molecule has 2 heterocycles. The number of imidazole rings is 1. The molecule has 1 aliphatic heterocycles. The van der Waals surface area contributed by atoms with Crippen molar-refractivity contribution in [2.75, 3.05) is 13.2 Å². The first kappa shape index (κ1) is 16.6. The fourth-order valence-corrected chi connectivity index (χ4v) is 2.56. The zero-order chi connectivity index (χ0) is 16.9. The van der Waals surface area contributed by atoms with Gasteiger partial charge in [-0.15, -0.1) is 0 Å². The van der Waals surface area contributed by atoms with E-state index in [1.165, 1.54) is 24.3 Å². The quantitative estimate of drug-likeness (QED) is 0.605. The Labute approximate surface area is 138 Å². The lowest BCUT2D eigenvalue weighted by molar-refractivity contribution is 0.0398. The first-order valence-electron chi connectivity index (χ1n) is 7.67. The number of aliphatic hydroxyl groups excluding tert-OH is 1. The van der Waals surface area contributed by atoms with Gasteiger partial charge in [0.25, 0.3) is 5.91 Å². The molecule has 0 bridgehead atoms. The van der Waals surface area contributed by atoms with E-state index in [-0.39, 0.29) is 18.5 Å². The minimum absolute atomic E-state index is 0.180. The highest BCUT2D eigenvalue weighted by atomic mass is 19.1. The number of H-pyrrole nitrogens is 1. The van der Waals surface area contributed by atoms with Crippen molar-refractivity contribution < 1.29 is 19.0 Å². The number of ether oxygens (including phenoxy) is 1. The monoisotopic (exact) mass is 334 g/mol. The number of aromatic amines is 1. The largest absolute Gasteiger partial charge is 0.389 e. The van der Waals surface area contributed by atoms with Crippen LogP contribution < -0.4 is 10.6 Å². The molecule has 2 aromatic rings. The Morgan fingerprint density at radius 3 is 2.92 bits per heavy atom. The molecule has 0 spiro atoms. The molecule has 1 aromatic carbocycles. The van der Waals surface area contributed by atoms with Crippen molar-refractivity contribution >= 4 is 5.91 Å². The molecule has 0 aliphatic carbocycles. The smallest absolute Gasteiger partial charge is 0.251 e. The lowest BCUT2D eigenvalue weighted by Crippen LogP contribution is -2.44. The second-order valence-electron chi connectivity index (χ2n) is 5.64. The predicted molar refractivity (Wildman–Crippen MR) is 83.7 cm³/mol. The number of hydrogen-bond acceptors (Lipinski definition) is 5. The molecular formula is C16H19FN4O3. The molecule has 8 heteroatoms. The van der Waals surface area contributed by atoms with Gasteiger partial charge in [-0.05, 0) is 24.3 Å². The Morgan fingerprint density at radius 1 is 1.42 bits per heavy atom. The molecule has 1 fully saturated rings. The maximum atomic E-state index is 12.9. The van der Waals surface area contributed by atoms with Gasteiger partial charge in [-0.3, -0.25) is 4.79 Å². The Bertz CT molecular complexity index is 662. The molecule has 128 valence electrons. The summed E-state index contributed by atoms with van der Waals surface area (Å²) in [6.07, 6.45) is 2.07. The molecule has 1 aliphatic rings. The summed E-state index contributed by atoms with van der Waals surface area (Å²) in [7, 11) is 0. The van der Waals surface area contributed by atoms with E-state index >= 15 is 0 Å². The van der Waals surface area contributed by atoms with Crippen molar-refractivity contribution in [3.8, 4) is 0 Å². The Morgan fingerprint density at radius 2 is 2.21 bits per heavy atom. The first-order valence-corrected chi connectivity index (χ1v) is 7.67. The first-order chi connectivity index (χ1) is 11.6. The summed E-state index contributed by atoms with van der Waals surface area (Å²) in [5, 5.41) is 16.2. The number of halogens is 1. The summed E-state index contributed by atoms with van der Waals surface area (Å²) in [6, 6.07) is 5.05. The van der Waals surface area contributed by atoms with Crippen LogP contribution in [0, 0.1) is 5.82 Å². The minimum atomic E-state index is -0.735. The third-order valence-corrected chi connectivity index (χ3v) is 3.96. The van der Waals surface area contributed by atoms with Crippen LogP contribution in [-0.4, -0.2) is 52.4 Å². The van der Waals surface area contributed by atoms with Crippen LogP contribution in [-0.2, 0) is 11.3 Å². The third-order valence-electron chi connectivity index (χ3n) is 3.96. The van der Waals surface area contributed by atoms with Gasteiger partial charge < -0.3 is 25.5 Å². The standard InChI is InChI=1S/C16H19FN4O3/c17-11-3-1-10(2-4-11)16(23)20-7-14-15(22)13(8-24-14)19-6-12-5-18-9-21-12/h1-5,9,13-15,19,22H,6-8H2,(H,18,21)(H,20,23)/t13-,14-,15+/m1/s1. The molecule has 0 radical (unpaired) electrons. The number of nitrogens with one attached hydrogen (secondary N) is 3. The summed E-state index contributed by atoms with van der Waals surface area (Å²) in [4.78, 5) is 18.9. The van der Waals surface area contributed by atoms with Gasteiger partial charge in [-0.2, -0.15) is 0 Å². The molecule has 3 atom stereocenters. The molecule has 1 amide bonds. The zero-order valence-electron chi connectivity index (χ0n) is 12.9. The molecular weight excluding hydrogens is 315 g/mol. The second kappa shape index (κ2) is 7.52. The molecule has 3 rings (SSSR count). The topological polar surface area (TPSA) is 99.3 Å². The van der Waals surface area contributed by atoms with E-state index in [1.54, 1.807) is 12.5 Å². The highest BCUT2D eigenvalue weighted by Crippen LogP contribution is 2.14. The summed E-state index contributed by atoms with van der Waals surface area (Å²) in [6.45, 7) is 1.08. The van der Waals surface area contributed by atoms with Gasteiger partial charge in [-0.1, -0.05) is 0 Å². The van der Waals surface area contributed by atoms with Gasteiger partial charge in [-0.25, -0.2) is 9.37 Å². The van der Waals surface area contributed by atoms with Crippen molar-refractivity contribution in [3.05, 3.63) is 53.9 Å². The minimum Gasteiger partial charge on any atom is -0.389 e. The average Bonchev–Trinajstić information content (AvgIpc) is 3.21. The molecule has 1 saturated heterocycles. The molecule has 7 nitrogen and oxygen atoms in total. The third kappa shape index (κ3) is 3.97. The van der Waals surface area contributed by atoms with Crippen LogP contribution in [0.4, 0.5) is 4.39 Å². The van der Waals surface area contributed by atoms with Gasteiger partial charge in [0.2, 0.25) is 0 Å². The van der Waals surface area contributed by atoms with E-state index in [4.69, 9.17) is 4.74 Å². The maximum absolute atomic E-state index is 12.9. The Kier molecular flexibility index (Phi) is 5.19. The second-order valence-corrected chi connectivity index (χ2v) is 5.64. The van der Waals surface area contributed by atoms with E-state index in [1.807, 2.05) is 0 Å². The molecule has 0 saturated carbocycles. The van der Waals surface area contributed by atoms with Crippen molar-refractivity contribution in [2.45, 2.75) is 24.8 Å². The Hall–Kier alpha value is -2.29. The van der Waals surface area contributed by atoms with E-state index in [0.29, 0.717) is 18.7 Å². The molecule has 4 N–H and O–H groups in total. The zero-order valence-corrected chi connectivity index (χ0v) is 12.9. The number of rotatable bonds is 6. The fourth-order valence-electron chi connectivity index (χ4n) is 2.56. The van der Waals surface area contributed by atoms with Crippen LogP contribution in [0.15, 0.2) is 36.8 Å². The highest BCUT2D eigenvalue weighted by Gasteiger charge is 2.35. The number of amides is 1. The van der Waals surface area contributed by atoms with E-state index in [2.05, 4.69) is 20.6 Å². The number of carbonyl (C=O) groups is 1. The number of aliphatic hydroxyl groups is 1. The van der Waals surface area contributed by atoms with Crippen LogP contribution in [0.2, 0.25) is 0 Å². The highest BCUT2D eigenvalue weighted by molar-refractivity contribution is 5.94. The summed E-state index contributed by atoms with van der Waals surface area (Å²) < 4.78 is 18.4. The summed E-state index contributed by atoms with van der Waals surface area (Å²) in [5.41, 5.74) is 1.27. The molecule has 0 unspecified atom stereocenters. The van der Waals surface area contributed by atoms with Crippen molar-refractivity contribution in [3.63, 3.8) is 0 Å². The van der Waals surface area contributed by atoms with Gasteiger partial charge >= 0.3 is 0 Å². The van der Waals surface area contributed by atoms with Gasteiger partial charge in [0.05, 0.1) is 25.1 Å². The maximum Gasteiger partial charge on any atom is 0.251 e. The van der Waals surface area contributed by atoms with E-state index in [0.717, 1.165) is 5.69 Å². The van der Waals surface area contributed by atoms with E-state index in [9.17, 15) is 14.3 Å². The van der Waals surface area contributed by atoms with Crippen LogP contribution in [0.1, 0.15) is 16.1 Å². The normalized spacial score (nSPS) is 23.3. The fraction of sp³-hybridized carbons (Fsp3) is 0.375. The van der Waals surface area contributed by atoms with Crippen molar-refractivity contribution in [2.24, 2.45) is 0 Å². The SMILES string of the molecule is O=C(NC[C@H]1OC[C@@H](NCc2cnc[nH]2)[C@@H]1O)c1ccc(F)cc1. The summed E-state index contributed by atoms with van der Waals surface area (Å²) >= 11 is 0. The average molecular weight is 334 g/mol. The molecule has 1 aromatic heterocycles. The van der Waals surface area contributed by atoms with Gasteiger partial charge in [0.15, 0.2) is 0 Å². The molecule has 24 heavy (non-hydrogen) atoms. The van der Waals surface area contributed by atoms with Gasteiger partial charge in [0, 0.05) is 30.5 Å². The van der Waals surface area contributed by atoms with Crippen LogP contribution >= 0.6 is 0 Å². The van der Waals surface area contributed by atoms with Crippen LogP contribution in [0.3, 0.4) is 0 Å². The Balaban J connectivity index is 1.46. The van der Waals surface area contributed by atoms with Crippen LogP contribution in [0.5, 0.6) is 0 Å². The lowest BCUT2D eigenvalue weighted by atomic mass is 10.1. The number of benzene rings is 1. The van der Waals surface area contributed by atoms with E-state index < -0.39 is 18.0 Å². The summed E-state index contributed by atoms with van der Waals surface area (Å²) in [5.74, 6) is -0.730. The predicted octanol–water partition coefficient (Wildman–Crippen LogP) is 0.197. The number of carbonyl (C=O) groups excluding carboxylic acids is 1. The van der Waals surface area contributed by atoms with Crippen molar-refractivity contribution in [1.82, 2.24) is 20.6 Å². The number of nitrogens with zero attached hydrogens (tertiary/aromatic N) is 1. The van der Waals surface area contributed by atoms with Crippen molar-refractivity contribution in [1.29, 1.82) is 0 Å². The number of aromatic nitrogens is 2. The lowest BCUT2D eigenvalue weighted by Gasteiger charge is -2.18. The van der Waals surface area contributed by atoms with Crippen LogP contribution in [0.25, 0.3) is 0 Å². The number of hydrogen-bond donors (Lipinski definition) is 4. The van der Waals surface area contributed by atoms with Gasteiger partial charge in [0.1, 0.15) is 11.9 Å².